The Balaban J connectivity index is 1.78. The maximum atomic E-state index is 5.87. The molecule has 0 heterocycles. The quantitative estimate of drug-likeness (QED) is 0.730. The first-order valence-electron chi connectivity index (χ1n) is 7.64. The third-order valence-electron chi connectivity index (χ3n) is 3.47. The summed E-state index contributed by atoms with van der Waals surface area (Å²) in [6.07, 6.45) is 3.24. The lowest BCUT2D eigenvalue weighted by Gasteiger charge is -2.10. The zero-order valence-electron chi connectivity index (χ0n) is 13.1. The van der Waals surface area contributed by atoms with Crippen molar-refractivity contribution in [3.63, 3.8) is 0 Å². The lowest BCUT2D eigenvalue weighted by molar-refractivity contribution is 0.321. The van der Waals surface area contributed by atoms with Gasteiger partial charge in [-0.15, -0.1) is 0 Å². The van der Waals surface area contributed by atoms with Crippen molar-refractivity contribution >= 4 is 0 Å². The normalized spacial score (nSPS) is 10.8. The van der Waals surface area contributed by atoms with Crippen molar-refractivity contribution in [2.24, 2.45) is 0 Å². The van der Waals surface area contributed by atoms with Crippen molar-refractivity contribution in [3.05, 3.63) is 65.7 Å². The van der Waals surface area contributed by atoms with E-state index >= 15 is 0 Å². The van der Waals surface area contributed by atoms with Crippen molar-refractivity contribution in [1.29, 1.82) is 0 Å². The summed E-state index contributed by atoms with van der Waals surface area (Å²) in [6.45, 7) is 1.85. The van der Waals surface area contributed by atoms with Crippen molar-refractivity contribution in [3.8, 4) is 5.75 Å². The topological polar surface area (TPSA) is 12.5 Å². The highest BCUT2D eigenvalue weighted by atomic mass is 16.5. The fourth-order valence-corrected chi connectivity index (χ4v) is 2.32. The van der Waals surface area contributed by atoms with E-state index < -0.39 is 0 Å². The molecule has 0 N–H and O–H groups in total. The van der Waals surface area contributed by atoms with E-state index in [-0.39, 0.29) is 0 Å². The number of benzene rings is 2. The van der Waals surface area contributed by atoms with Gasteiger partial charge in [-0.3, -0.25) is 0 Å². The average molecular weight is 283 g/mol. The van der Waals surface area contributed by atoms with Crippen LogP contribution in [-0.2, 0) is 12.8 Å². The Morgan fingerprint density at radius 3 is 2.38 bits per heavy atom. The van der Waals surface area contributed by atoms with Crippen molar-refractivity contribution in [2.45, 2.75) is 19.3 Å². The van der Waals surface area contributed by atoms with Gasteiger partial charge in [-0.2, -0.15) is 0 Å². The Kier molecular flexibility index (Phi) is 6.29. The molecule has 21 heavy (non-hydrogen) atoms. The minimum absolute atomic E-state index is 0.727. The molecule has 0 aliphatic carbocycles. The second-order valence-electron chi connectivity index (χ2n) is 5.64. The summed E-state index contributed by atoms with van der Waals surface area (Å²) < 4.78 is 5.87. The molecule has 0 aromatic heterocycles. The molecule has 0 unspecified atom stereocenters. The van der Waals surface area contributed by atoms with E-state index in [1.54, 1.807) is 0 Å². The number of ether oxygens (including phenoxy) is 1. The van der Waals surface area contributed by atoms with Crippen LogP contribution in [-0.4, -0.2) is 32.1 Å². The molecule has 2 aromatic rings. The molecule has 2 nitrogen and oxygen atoms in total. The Morgan fingerprint density at radius 2 is 1.62 bits per heavy atom. The molecule has 0 aliphatic rings. The smallest absolute Gasteiger partial charge is 0.119 e. The van der Waals surface area contributed by atoms with E-state index in [1.807, 2.05) is 12.1 Å². The second-order valence-corrected chi connectivity index (χ2v) is 5.64. The molecule has 0 saturated carbocycles. The molecule has 112 valence electrons. The van der Waals surface area contributed by atoms with E-state index in [9.17, 15) is 0 Å². The fraction of sp³-hybridized carbons (Fsp3) is 0.368. The summed E-state index contributed by atoms with van der Waals surface area (Å²) in [7, 11) is 4.23. The molecule has 0 amide bonds. The summed E-state index contributed by atoms with van der Waals surface area (Å²) in [4.78, 5) is 2.22. The second kappa shape index (κ2) is 8.48. The Morgan fingerprint density at radius 1 is 0.857 bits per heavy atom. The molecule has 0 saturated heterocycles. The summed E-state index contributed by atoms with van der Waals surface area (Å²) in [6, 6.07) is 18.9. The predicted molar refractivity (Wildman–Crippen MR) is 89.0 cm³/mol. The van der Waals surface area contributed by atoms with E-state index in [4.69, 9.17) is 4.74 Å². The van der Waals surface area contributed by atoms with Gasteiger partial charge in [0.25, 0.3) is 0 Å². The van der Waals surface area contributed by atoms with Crippen LogP contribution in [0.3, 0.4) is 0 Å². The van der Waals surface area contributed by atoms with Crippen LogP contribution in [0.15, 0.2) is 54.6 Å². The van der Waals surface area contributed by atoms with Gasteiger partial charge in [0.1, 0.15) is 5.75 Å². The van der Waals surface area contributed by atoms with Gasteiger partial charge in [0.2, 0.25) is 0 Å². The van der Waals surface area contributed by atoms with Crippen molar-refractivity contribution in [1.82, 2.24) is 4.90 Å². The molecule has 0 bridgehead atoms. The zero-order valence-corrected chi connectivity index (χ0v) is 13.1. The van der Waals surface area contributed by atoms with E-state index in [0.717, 1.165) is 31.7 Å². The monoisotopic (exact) mass is 283 g/mol. The number of hydrogen-bond acceptors (Lipinski definition) is 2. The number of nitrogens with zero attached hydrogens (tertiary/aromatic N) is 1. The molecular weight excluding hydrogens is 258 g/mol. The Hall–Kier alpha value is -1.80. The molecule has 0 atom stereocenters. The zero-order chi connectivity index (χ0) is 14.9. The first kappa shape index (κ1) is 15.6. The molecule has 2 rings (SSSR count). The number of hydrogen-bond donors (Lipinski definition) is 0. The van der Waals surface area contributed by atoms with Gasteiger partial charge in [-0.25, -0.2) is 0 Å². The van der Waals surface area contributed by atoms with Crippen LogP contribution in [0.2, 0.25) is 0 Å². The highest BCUT2D eigenvalue weighted by molar-refractivity contribution is 5.28. The largest absolute Gasteiger partial charge is 0.493 e. The molecule has 2 heteroatoms. The molecule has 0 spiro atoms. The van der Waals surface area contributed by atoms with E-state index in [1.165, 1.54) is 17.5 Å². The van der Waals surface area contributed by atoms with Crippen LogP contribution < -0.4 is 4.74 Å². The third-order valence-corrected chi connectivity index (χ3v) is 3.47. The van der Waals surface area contributed by atoms with Gasteiger partial charge in [-0.05, 0) is 56.7 Å². The maximum absolute atomic E-state index is 5.87. The minimum Gasteiger partial charge on any atom is -0.493 e. The van der Waals surface area contributed by atoms with Crippen LogP contribution in [0.5, 0.6) is 5.75 Å². The first-order valence-corrected chi connectivity index (χ1v) is 7.64. The SMILES string of the molecule is CN(C)CCCc1cccc(OCCc2ccccc2)c1. The standard InChI is InChI=1S/C19H25NO/c1-20(2)14-7-11-18-10-6-12-19(16-18)21-15-13-17-8-4-3-5-9-17/h3-6,8-10,12,16H,7,11,13-15H2,1-2H3. The number of rotatable bonds is 8. The van der Waals surface area contributed by atoms with Crippen molar-refractivity contribution < 1.29 is 4.74 Å². The Bertz CT molecular complexity index is 522. The summed E-state index contributed by atoms with van der Waals surface area (Å²) in [5.41, 5.74) is 2.67. The fourth-order valence-electron chi connectivity index (χ4n) is 2.32. The lowest BCUT2D eigenvalue weighted by atomic mass is 10.1. The molecule has 0 aliphatic heterocycles. The predicted octanol–water partition coefficient (Wildman–Crippen LogP) is 3.80. The van der Waals surface area contributed by atoms with Gasteiger partial charge in [-0.1, -0.05) is 42.5 Å². The van der Waals surface area contributed by atoms with Gasteiger partial charge in [0, 0.05) is 6.42 Å². The van der Waals surface area contributed by atoms with Crippen molar-refractivity contribution in [2.75, 3.05) is 27.2 Å². The van der Waals surface area contributed by atoms with E-state index in [2.05, 4.69) is 61.5 Å². The summed E-state index contributed by atoms with van der Waals surface area (Å²) >= 11 is 0. The Labute approximate surface area is 128 Å². The maximum Gasteiger partial charge on any atom is 0.119 e. The number of aryl methyl sites for hydroxylation is 1. The molecular formula is C19H25NO. The van der Waals surface area contributed by atoms with E-state index in [0.29, 0.717) is 0 Å². The van der Waals surface area contributed by atoms with Crippen LogP contribution in [0, 0.1) is 0 Å². The van der Waals surface area contributed by atoms with Gasteiger partial charge >= 0.3 is 0 Å². The highest BCUT2D eigenvalue weighted by Crippen LogP contribution is 2.15. The first-order chi connectivity index (χ1) is 10.2. The molecule has 2 aromatic carbocycles. The minimum atomic E-state index is 0.727. The average Bonchev–Trinajstić information content (AvgIpc) is 2.48. The van der Waals surface area contributed by atoms with Crippen LogP contribution in [0.4, 0.5) is 0 Å². The van der Waals surface area contributed by atoms with Gasteiger partial charge in [0.15, 0.2) is 0 Å². The van der Waals surface area contributed by atoms with Crippen LogP contribution in [0.1, 0.15) is 17.5 Å². The van der Waals surface area contributed by atoms with Gasteiger partial charge < -0.3 is 9.64 Å². The summed E-state index contributed by atoms with van der Waals surface area (Å²) in [5.74, 6) is 0.980. The molecule has 0 radical (unpaired) electrons. The highest BCUT2D eigenvalue weighted by Gasteiger charge is 1.99. The van der Waals surface area contributed by atoms with Crippen LogP contribution >= 0.6 is 0 Å². The third kappa shape index (κ3) is 6.01. The van der Waals surface area contributed by atoms with Gasteiger partial charge in [0.05, 0.1) is 6.61 Å². The van der Waals surface area contributed by atoms with Crippen LogP contribution in [0.25, 0.3) is 0 Å². The summed E-state index contributed by atoms with van der Waals surface area (Å²) in [5, 5.41) is 0. The molecule has 0 fully saturated rings. The lowest BCUT2D eigenvalue weighted by Crippen LogP contribution is -2.13.